The van der Waals surface area contributed by atoms with Gasteiger partial charge in [0.15, 0.2) is 0 Å². The van der Waals surface area contributed by atoms with Crippen molar-refractivity contribution in [1.82, 2.24) is 0 Å². The van der Waals surface area contributed by atoms with Crippen LogP contribution in [0.1, 0.15) is 24.3 Å². The summed E-state index contributed by atoms with van der Waals surface area (Å²) < 4.78 is 14.0. The van der Waals surface area contributed by atoms with Crippen LogP contribution in [0.3, 0.4) is 0 Å². The van der Waals surface area contributed by atoms with Gasteiger partial charge in [0.1, 0.15) is 5.82 Å². The number of alkyl halides is 1. The highest BCUT2D eigenvalue weighted by atomic mass is 35.5. The van der Waals surface area contributed by atoms with E-state index < -0.39 is 0 Å². The molecule has 0 saturated heterocycles. The predicted molar refractivity (Wildman–Crippen MR) is 62.8 cm³/mol. The molecule has 0 N–H and O–H groups in total. The minimum atomic E-state index is -0.241. The van der Waals surface area contributed by atoms with E-state index in [9.17, 15) is 4.39 Å². The molecule has 0 aliphatic rings. The quantitative estimate of drug-likeness (QED) is 0.648. The van der Waals surface area contributed by atoms with Crippen LogP contribution in [0.15, 0.2) is 36.4 Å². The molecule has 0 heterocycles. The molecule has 0 bridgehead atoms. The fraction of sp³-hybridized carbons (Fsp3) is 0.231. The zero-order valence-electron chi connectivity index (χ0n) is 8.50. The molecule has 0 saturated carbocycles. The number of hydrogen-bond acceptors (Lipinski definition) is 0. The fourth-order valence-electron chi connectivity index (χ4n) is 1.71. The number of benzene rings is 2. The molecule has 0 aliphatic carbocycles. The van der Waals surface area contributed by atoms with Crippen molar-refractivity contribution in [3.8, 4) is 0 Å². The summed E-state index contributed by atoms with van der Waals surface area (Å²) in [7, 11) is 0. The summed E-state index contributed by atoms with van der Waals surface area (Å²) >= 11 is 6.06. The molecule has 0 aromatic heterocycles. The third-order valence-electron chi connectivity index (χ3n) is 2.59. The largest absolute Gasteiger partial charge is 0.206 e. The number of fused-ring (bicyclic) bond motifs is 1. The molecule has 1 unspecified atom stereocenters. The lowest BCUT2D eigenvalue weighted by molar-refractivity contribution is 0.616. The van der Waals surface area contributed by atoms with E-state index in [2.05, 4.69) is 0 Å². The Morgan fingerprint density at radius 1 is 1.20 bits per heavy atom. The number of rotatable bonds is 2. The van der Waals surface area contributed by atoms with Crippen LogP contribution in [0, 0.1) is 5.82 Å². The summed E-state index contributed by atoms with van der Waals surface area (Å²) in [6, 6.07) is 11.1. The van der Waals surface area contributed by atoms with Crippen LogP contribution in [0.4, 0.5) is 4.39 Å². The molecule has 2 heteroatoms. The highest BCUT2D eigenvalue weighted by molar-refractivity contribution is 6.20. The van der Waals surface area contributed by atoms with Crippen LogP contribution in [0.25, 0.3) is 10.8 Å². The first-order valence-electron chi connectivity index (χ1n) is 5.05. The predicted octanol–water partition coefficient (Wildman–Crippen LogP) is 4.67. The van der Waals surface area contributed by atoms with Gasteiger partial charge in [0.25, 0.3) is 0 Å². The van der Waals surface area contributed by atoms with Crippen molar-refractivity contribution in [3.63, 3.8) is 0 Å². The summed E-state index contributed by atoms with van der Waals surface area (Å²) in [6.07, 6.45) is 0.733. The van der Waals surface area contributed by atoms with Crippen molar-refractivity contribution in [2.75, 3.05) is 0 Å². The average molecular weight is 223 g/mol. The van der Waals surface area contributed by atoms with Crippen molar-refractivity contribution in [1.29, 1.82) is 0 Å². The first kappa shape index (κ1) is 10.4. The van der Waals surface area contributed by atoms with Gasteiger partial charge in [-0.2, -0.15) is 0 Å². The van der Waals surface area contributed by atoms with E-state index in [4.69, 9.17) is 11.6 Å². The molecule has 0 spiro atoms. The van der Waals surface area contributed by atoms with Crippen molar-refractivity contribution < 1.29 is 4.39 Å². The van der Waals surface area contributed by atoms with Gasteiger partial charge in [0.05, 0.1) is 5.38 Å². The van der Waals surface area contributed by atoms with Gasteiger partial charge in [0, 0.05) is 10.9 Å². The van der Waals surface area contributed by atoms with Crippen LogP contribution in [0.5, 0.6) is 0 Å². The van der Waals surface area contributed by atoms with Gasteiger partial charge < -0.3 is 0 Å². The molecule has 0 fully saturated rings. The van der Waals surface area contributed by atoms with Crippen molar-refractivity contribution in [3.05, 3.63) is 47.8 Å². The molecular weight excluding hydrogens is 211 g/mol. The van der Waals surface area contributed by atoms with E-state index >= 15 is 0 Å². The first-order valence-corrected chi connectivity index (χ1v) is 5.49. The lowest BCUT2D eigenvalue weighted by Crippen LogP contribution is -1.94. The standard InChI is InChI=1S/C13H12ClF/c1-2-12(14)11-8-7-9-5-3-4-6-10(9)13(11)15/h3-8,12H,2H2,1H3. The number of hydrogen-bond donors (Lipinski definition) is 0. The molecule has 0 aliphatic heterocycles. The summed E-state index contributed by atoms with van der Waals surface area (Å²) in [5.41, 5.74) is 0.595. The van der Waals surface area contributed by atoms with Gasteiger partial charge in [-0.15, -0.1) is 11.6 Å². The van der Waals surface area contributed by atoms with E-state index in [1.807, 2.05) is 31.2 Å². The molecule has 0 radical (unpaired) electrons. The third kappa shape index (κ3) is 1.84. The number of halogens is 2. The Bertz CT molecular complexity index is 479. The second-order valence-corrected chi connectivity index (χ2v) is 4.09. The van der Waals surface area contributed by atoms with E-state index in [1.165, 1.54) is 0 Å². The van der Waals surface area contributed by atoms with E-state index in [0.29, 0.717) is 10.9 Å². The molecule has 2 aromatic carbocycles. The zero-order valence-corrected chi connectivity index (χ0v) is 9.26. The average Bonchev–Trinajstić information content (AvgIpc) is 2.29. The lowest BCUT2D eigenvalue weighted by Gasteiger charge is -2.10. The second kappa shape index (κ2) is 4.19. The monoisotopic (exact) mass is 222 g/mol. The first-order chi connectivity index (χ1) is 7.24. The minimum Gasteiger partial charge on any atom is -0.206 e. The van der Waals surface area contributed by atoms with Crippen LogP contribution in [-0.4, -0.2) is 0 Å². The maximum Gasteiger partial charge on any atom is 0.135 e. The third-order valence-corrected chi connectivity index (χ3v) is 3.13. The molecule has 0 nitrogen and oxygen atoms in total. The molecule has 1 atom stereocenters. The zero-order chi connectivity index (χ0) is 10.8. The summed E-state index contributed by atoms with van der Waals surface area (Å²) in [5.74, 6) is -0.185. The van der Waals surface area contributed by atoms with Gasteiger partial charge in [-0.1, -0.05) is 43.3 Å². The van der Waals surface area contributed by atoms with Gasteiger partial charge >= 0.3 is 0 Å². The summed E-state index contributed by atoms with van der Waals surface area (Å²) in [4.78, 5) is 0. The van der Waals surface area contributed by atoms with Gasteiger partial charge in [-0.3, -0.25) is 0 Å². The minimum absolute atomic E-state index is 0.185. The SMILES string of the molecule is CCC(Cl)c1ccc2ccccc2c1F. The Balaban J connectivity index is 2.65. The molecule has 2 aromatic rings. The summed E-state index contributed by atoms with van der Waals surface area (Å²) in [6.45, 7) is 1.95. The Morgan fingerprint density at radius 3 is 2.67 bits per heavy atom. The van der Waals surface area contributed by atoms with Crippen LogP contribution >= 0.6 is 11.6 Å². The Hall–Kier alpha value is -1.08. The van der Waals surface area contributed by atoms with Gasteiger partial charge in [-0.25, -0.2) is 4.39 Å². The highest BCUT2D eigenvalue weighted by Gasteiger charge is 2.13. The normalized spacial score (nSPS) is 13.0. The van der Waals surface area contributed by atoms with E-state index in [1.54, 1.807) is 12.1 Å². The molecule has 15 heavy (non-hydrogen) atoms. The fourth-order valence-corrected chi connectivity index (χ4v) is 1.88. The summed E-state index contributed by atoms with van der Waals surface area (Å²) in [5, 5.41) is 1.32. The Morgan fingerprint density at radius 2 is 1.93 bits per heavy atom. The smallest absolute Gasteiger partial charge is 0.135 e. The Labute approximate surface area is 93.7 Å². The molecule has 0 amide bonds. The second-order valence-electron chi connectivity index (χ2n) is 3.57. The van der Waals surface area contributed by atoms with E-state index in [0.717, 1.165) is 11.8 Å². The van der Waals surface area contributed by atoms with Crippen LogP contribution in [-0.2, 0) is 0 Å². The maximum atomic E-state index is 14.0. The molecular formula is C13H12ClF. The maximum absolute atomic E-state index is 14.0. The Kier molecular flexibility index (Phi) is 2.92. The van der Waals surface area contributed by atoms with Crippen molar-refractivity contribution in [2.45, 2.75) is 18.7 Å². The molecule has 78 valence electrons. The lowest BCUT2D eigenvalue weighted by atomic mass is 10.0. The van der Waals surface area contributed by atoms with Crippen molar-refractivity contribution in [2.24, 2.45) is 0 Å². The molecule has 2 rings (SSSR count). The van der Waals surface area contributed by atoms with Gasteiger partial charge in [-0.05, 0) is 11.8 Å². The van der Waals surface area contributed by atoms with E-state index in [-0.39, 0.29) is 11.2 Å². The van der Waals surface area contributed by atoms with Crippen LogP contribution in [0.2, 0.25) is 0 Å². The van der Waals surface area contributed by atoms with Crippen LogP contribution < -0.4 is 0 Å². The van der Waals surface area contributed by atoms with Gasteiger partial charge in [0.2, 0.25) is 0 Å². The topological polar surface area (TPSA) is 0 Å². The van der Waals surface area contributed by atoms with Crippen molar-refractivity contribution >= 4 is 22.4 Å². The highest BCUT2D eigenvalue weighted by Crippen LogP contribution is 2.30.